The van der Waals surface area contributed by atoms with E-state index in [0.29, 0.717) is 6.04 Å². The van der Waals surface area contributed by atoms with E-state index >= 15 is 0 Å². The van der Waals surface area contributed by atoms with E-state index in [1.165, 1.54) is 0 Å². The second-order valence-corrected chi connectivity index (χ2v) is 5.80. The third-order valence-corrected chi connectivity index (χ3v) is 4.28. The Morgan fingerprint density at radius 3 is 2.45 bits per heavy atom. The molecule has 117 valence electrons. The van der Waals surface area contributed by atoms with Gasteiger partial charge in [-0.1, -0.05) is 0 Å². The highest BCUT2D eigenvalue weighted by Gasteiger charge is 2.23. The van der Waals surface area contributed by atoms with Crippen molar-refractivity contribution in [3.63, 3.8) is 0 Å². The molecule has 0 aliphatic carbocycles. The van der Waals surface area contributed by atoms with E-state index in [2.05, 4.69) is 38.7 Å². The Morgan fingerprint density at radius 1 is 1.09 bits per heavy atom. The Morgan fingerprint density at radius 2 is 1.82 bits per heavy atom. The Hall–Kier alpha value is -1.95. The van der Waals surface area contributed by atoms with E-state index in [0.717, 1.165) is 38.5 Å². The molecule has 1 saturated heterocycles. The van der Waals surface area contributed by atoms with Crippen molar-refractivity contribution < 1.29 is 0 Å². The molecule has 22 heavy (non-hydrogen) atoms. The molecule has 0 aromatic carbocycles. The van der Waals surface area contributed by atoms with Crippen molar-refractivity contribution in [1.82, 2.24) is 24.6 Å². The number of rotatable bonds is 5. The summed E-state index contributed by atoms with van der Waals surface area (Å²) in [5.74, 6) is 0.835. The van der Waals surface area contributed by atoms with Gasteiger partial charge in [-0.05, 0) is 32.4 Å². The van der Waals surface area contributed by atoms with Crippen molar-refractivity contribution >= 4 is 5.95 Å². The maximum atomic E-state index is 4.33. The van der Waals surface area contributed by atoms with Crippen LogP contribution in [0.2, 0.25) is 0 Å². The first-order valence-corrected chi connectivity index (χ1v) is 7.82. The SMILES string of the molecule is [CH2]C(CC(C)N1CCN(c2ncccn2)CC1)n1cccn1. The van der Waals surface area contributed by atoms with E-state index < -0.39 is 0 Å². The van der Waals surface area contributed by atoms with Gasteiger partial charge in [-0.25, -0.2) is 9.97 Å². The first-order chi connectivity index (χ1) is 10.7. The van der Waals surface area contributed by atoms with Gasteiger partial charge in [-0.3, -0.25) is 9.58 Å². The molecule has 0 amide bonds. The second-order valence-electron chi connectivity index (χ2n) is 5.80. The predicted octanol–water partition coefficient (Wildman–Crippen LogP) is 1.65. The van der Waals surface area contributed by atoms with Gasteiger partial charge < -0.3 is 4.90 Å². The van der Waals surface area contributed by atoms with Crippen LogP contribution in [0.5, 0.6) is 0 Å². The summed E-state index contributed by atoms with van der Waals surface area (Å²) in [5.41, 5.74) is 0. The second kappa shape index (κ2) is 6.87. The molecule has 2 unspecified atom stereocenters. The highest BCUT2D eigenvalue weighted by Crippen LogP contribution is 2.18. The Labute approximate surface area is 131 Å². The van der Waals surface area contributed by atoms with E-state index in [1.807, 2.05) is 29.2 Å². The van der Waals surface area contributed by atoms with Gasteiger partial charge in [0.25, 0.3) is 0 Å². The molecule has 1 aliphatic rings. The summed E-state index contributed by atoms with van der Waals surface area (Å²) in [6.45, 7) is 10.5. The van der Waals surface area contributed by atoms with Gasteiger partial charge in [0, 0.05) is 57.0 Å². The van der Waals surface area contributed by atoms with Crippen molar-refractivity contribution in [2.75, 3.05) is 31.1 Å². The molecule has 0 N–H and O–H groups in total. The molecule has 3 rings (SSSR count). The Balaban J connectivity index is 1.50. The lowest BCUT2D eigenvalue weighted by molar-refractivity contribution is 0.175. The molecule has 1 radical (unpaired) electrons. The highest BCUT2D eigenvalue weighted by molar-refractivity contribution is 5.29. The molecule has 6 heteroatoms. The third-order valence-electron chi connectivity index (χ3n) is 4.28. The van der Waals surface area contributed by atoms with Gasteiger partial charge in [-0.2, -0.15) is 5.10 Å². The standard InChI is InChI=1S/C16H23N6/c1-14(13-15(2)22-8-4-7-19-22)20-9-11-21(12-10-20)16-17-5-3-6-18-16/h3-8,14-15H,2,9-13H2,1H3. The molecule has 0 bridgehead atoms. The molecule has 2 aromatic heterocycles. The van der Waals surface area contributed by atoms with Crippen LogP contribution in [0.4, 0.5) is 5.95 Å². The zero-order valence-electron chi connectivity index (χ0n) is 13.0. The van der Waals surface area contributed by atoms with E-state index in [1.54, 1.807) is 12.4 Å². The maximum absolute atomic E-state index is 4.33. The first-order valence-electron chi connectivity index (χ1n) is 7.82. The summed E-state index contributed by atoms with van der Waals surface area (Å²) < 4.78 is 1.94. The van der Waals surface area contributed by atoms with Crippen LogP contribution in [0.15, 0.2) is 36.9 Å². The summed E-state index contributed by atoms with van der Waals surface area (Å²) in [7, 11) is 0. The molecule has 0 saturated carbocycles. The summed E-state index contributed by atoms with van der Waals surface area (Å²) in [4.78, 5) is 13.4. The van der Waals surface area contributed by atoms with E-state index in [9.17, 15) is 0 Å². The topological polar surface area (TPSA) is 50.1 Å². The van der Waals surface area contributed by atoms with Crippen LogP contribution in [0, 0.1) is 6.92 Å². The lowest BCUT2D eigenvalue weighted by Crippen LogP contribution is -2.50. The minimum absolute atomic E-state index is 0.181. The van der Waals surface area contributed by atoms with Crippen LogP contribution in [-0.4, -0.2) is 56.9 Å². The number of piperazine rings is 1. The first kappa shape index (κ1) is 15.0. The molecule has 1 fully saturated rings. The fourth-order valence-corrected chi connectivity index (χ4v) is 2.96. The Bertz CT molecular complexity index is 547. The summed E-state index contributed by atoms with van der Waals surface area (Å²) in [6, 6.07) is 4.47. The average molecular weight is 299 g/mol. The smallest absolute Gasteiger partial charge is 0.225 e. The minimum Gasteiger partial charge on any atom is -0.338 e. The van der Waals surface area contributed by atoms with Crippen LogP contribution in [0.3, 0.4) is 0 Å². The zero-order chi connectivity index (χ0) is 15.4. The lowest BCUT2D eigenvalue weighted by Gasteiger charge is -2.38. The lowest BCUT2D eigenvalue weighted by atomic mass is 10.1. The van der Waals surface area contributed by atoms with Gasteiger partial charge in [0.2, 0.25) is 5.95 Å². The largest absolute Gasteiger partial charge is 0.338 e. The fraction of sp³-hybridized carbons (Fsp3) is 0.500. The molecular formula is C16H23N6. The van der Waals surface area contributed by atoms with E-state index in [-0.39, 0.29) is 6.04 Å². The van der Waals surface area contributed by atoms with Gasteiger partial charge in [-0.15, -0.1) is 0 Å². The summed E-state index contributed by atoms with van der Waals surface area (Å²) in [6.07, 6.45) is 8.39. The predicted molar refractivity (Wildman–Crippen MR) is 86.5 cm³/mol. The Kier molecular flexibility index (Phi) is 4.68. The normalized spacial score (nSPS) is 19.1. The van der Waals surface area contributed by atoms with Crippen molar-refractivity contribution in [1.29, 1.82) is 0 Å². The van der Waals surface area contributed by atoms with Crippen molar-refractivity contribution in [3.8, 4) is 0 Å². The van der Waals surface area contributed by atoms with Gasteiger partial charge in [0.15, 0.2) is 0 Å². The van der Waals surface area contributed by atoms with Crippen molar-refractivity contribution in [2.45, 2.75) is 25.4 Å². The number of nitrogens with zero attached hydrogens (tertiary/aromatic N) is 6. The number of hydrogen-bond donors (Lipinski definition) is 0. The average Bonchev–Trinajstić information content (AvgIpc) is 3.10. The van der Waals surface area contributed by atoms with Crippen molar-refractivity contribution in [3.05, 3.63) is 43.8 Å². The van der Waals surface area contributed by atoms with Gasteiger partial charge in [0.05, 0.1) is 6.04 Å². The quantitative estimate of drug-likeness (QED) is 0.840. The van der Waals surface area contributed by atoms with Gasteiger partial charge >= 0.3 is 0 Å². The summed E-state index contributed by atoms with van der Waals surface area (Å²) in [5, 5.41) is 4.28. The minimum atomic E-state index is 0.181. The number of aromatic nitrogens is 4. The van der Waals surface area contributed by atoms with Crippen LogP contribution in [0.1, 0.15) is 19.4 Å². The molecule has 0 spiro atoms. The van der Waals surface area contributed by atoms with Crippen molar-refractivity contribution in [2.24, 2.45) is 0 Å². The molecule has 1 aliphatic heterocycles. The van der Waals surface area contributed by atoms with Crippen LogP contribution in [0.25, 0.3) is 0 Å². The fourth-order valence-electron chi connectivity index (χ4n) is 2.96. The molecule has 6 nitrogen and oxygen atoms in total. The molecule has 3 heterocycles. The maximum Gasteiger partial charge on any atom is 0.225 e. The molecule has 2 aromatic rings. The molecular weight excluding hydrogens is 276 g/mol. The van der Waals surface area contributed by atoms with Crippen LogP contribution in [-0.2, 0) is 0 Å². The number of anilines is 1. The summed E-state index contributed by atoms with van der Waals surface area (Å²) >= 11 is 0. The molecule has 2 atom stereocenters. The highest BCUT2D eigenvalue weighted by atomic mass is 15.3. The zero-order valence-corrected chi connectivity index (χ0v) is 13.0. The number of hydrogen-bond acceptors (Lipinski definition) is 5. The monoisotopic (exact) mass is 299 g/mol. The van der Waals surface area contributed by atoms with E-state index in [4.69, 9.17) is 0 Å². The van der Waals surface area contributed by atoms with Gasteiger partial charge in [0.1, 0.15) is 0 Å². The van der Waals surface area contributed by atoms with Crippen LogP contribution < -0.4 is 4.90 Å². The third kappa shape index (κ3) is 3.44. The van der Waals surface area contributed by atoms with Crippen LogP contribution >= 0.6 is 0 Å².